The van der Waals surface area contributed by atoms with Crippen LogP contribution in [-0.2, 0) is 9.53 Å². The van der Waals surface area contributed by atoms with Crippen LogP contribution in [0.4, 0.5) is 17.1 Å². The molecule has 0 fully saturated rings. The van der Waals surface area contributed by atoms with Crippen LogP contribution in [0.25, 0.3) is 0 Å². The summed E-state index contributed by atoms with van der Waals surface area (Å²) >= 11 is 0. The van der Waals surface area contributed by atoms with Crippen molar-refractivity contribution in [1.29, 1.82) is 0 Å². The van der Waals surface area contributed by atoms with Gasteiger partial charge < -0.3 is 25.0 Å². The SMILES string of the molecule is CCOCCOc1ccccc1NC(=O)CNc1cccc(C(=O)N(C)c2ccccc2)c1. The highest BCUT2D eigenvalue weighted by atomic mass is 16.5. The lowest BCUT2D eigenvalue weighted by Gasteiger charge is -2.18. The fourth-order valence-electron chi connectivity index (χ4n) is 3.15. The van der Waals surface area contributed by atoms with E-state index in [4.69, 9.17) is 9.47 Å². The van der Waals surface area contributed by atoms with Gasteiger partial charge >= 0.3 is 0 Å². The molecule has 3 rings (SSSR count). The molecule has 0 heterocycles. The molecular formula is C26H29N3O4. The Balaban J connectivity index is 1.56. The average molecular weight is 448 g/mol. The molecule has 0 saturated heterocycles. The van der Waals surface area contributed by atoms with E-state index in [2.05, 4.69) is 10.6 Å². The molecule has 3 aromatic rings. The van der Waals surface area contributed by atoms with Crippen molar-refractivity contribution in [3.63, 3.8) is 0 Å². The summed E-state index contributed by atoms with van der Waals surface area (Å²) in [4.78, 5) is 26.9. The van der Waals surface area contributed by atoms with Crippen molar-refractivity contribution in [1.82, 2.24) is 0 Å². The topological polar surface area (TPSA) is 79.9 Å². The maximum absolute atomic E-state index is 12.8. The summed E-state index contributed by atoms with van der Waals surface area (Å²) in [6.07, 6.45) is 0. The molecule has 0 saturated carbocycles. The molecule has 7 heteroatoms. The van der Waals surface area contributed by atoms with Gasteiger partial charge in [0.25, 0.3) is 5.91 Å². The number of rotatable bonds is 11. The zero-order valence-electron chi connectivity index (χ0n) is 18.9. The summed E-state index contributed by atoms with van der Waals surface area (Å²) in [5, 5.41) is 5.93. The van der Waals surface area contributed by atoms with E-state index in [9.17, 15) is 9.59 Å². The molecule has 0 aliphatic heterocycles. The molecule has 0 radical (unpaired) electrons. The molecule has 0 unspecified atom stereocenters. The third kappa shape index (κ3) is 7.08. The smallest absolute Gasteiger partial charge is 0.258 e. The highest BCUT2D eigenvalue weighted by molar-refractivity contribution is 6.06. The predicted molar refractivity (Wildman–Crippen MR) is 131 cm³/mol. The second-order valence-corrected chi connectivity index (χ2v) is 7.22. The molecule has 0 bridgehead atoms. The Hall–Kier alpha value is -3.84. The Morgan fingerprint density at radius 1 is 0.909 bits per heavy atom. The second-order valence-electron chi connectivity index (χ2n) is 7.22. The summed E-state index contributed by atoms with van der Waals surface area (Å²) < 4.78 is 11.0. The van der Waals surface area contributed by atoms with Crippen LogP contribution in [0.2, 0.25) is 0 Å². The molecule has 0 aliphatic rings. The number of anilines is 3. The van der Waals surface area contributed by atoms with Crippen LogP contribution in [0.5, 0.6) is 5.75 Å². The Bertz CT molecular complexity index is 1060. The molecule has 0 spiro atoms. The van der Waals surface area contributed by atoms with Crippen molar-refractivity contribution in [2.45, 2.75) is 6.92 Å². The number of hydrogen-bond donors (Lipinski definition) is 2. The molecule has 3 aromatic carbocycles. The van der Waals surface area contributed by atoms with Crippen LogP contribution in [0, 0.1) is 0 Å². The monoisotopic (exact) mass is 447 g/mol. The molecule has 2 N–H and O–H groups in total. The van der Waals surface area contributed by atoms with Gasteiger partial charge in [0, 0.05) is 30.6 Å². The van der Waals surface area contributed by atoms with Gasteiger partial charge in [-0.1, -0.05) is 36.4 Å². The zero-order chi connectivity index (χ0) is 23.5. The van der Waals surface area contributed by atoms with Crippen LogP contribution in [-0.4, -0.2) is 45.2 Å². The minimum Gasteiger partial charge on any atom is -0.489 e. The molecule has 0 atom stereocenters. The molecule has 33 heavy (non-hydrogen) atoms. The zero-order valence-corrected chi connectivity index (χ0v) is 18.9. The molecule has 7 nitrogen and oxygen atoms in total. The third-order valence-corrected chi connectivity index (χ3v) is 4.86. The number of carbonyl (C=O) groups excluding carboxylic acids is 2. The van der Waals surface area contributed by atoms with Gasteiger partial charge in [0.15, 0.2) is 0 Å². The number of para-hydroxylation sites is 3. The van der Waals surface area contributed by atoms with Crippen LogP contribution >= 0.6 is 0 Å². The number of ether oxygens (including phenoxy) is 2. The number of hydrogen-bond acceptors (Lipinski definition) is 5. The fourth-order valence-corrected chi connectivity index (χ4v) is 3.15. The summed E-state index contributed by atoms with van der Waals surface area (Å²) in [6, 6.07) is 23.8. The van der Waals surface area contributed by atoms with E-state index < -0.39 is 0 Å². The van der Waals surface area contributed by atoms with Crippen LogP contribution in [0.15, 0.2) is 78.9 Å². The minimum absolute atomic E-state index is 0.0411. The van der Waals surface area contributed by atoms with E-state index in [1.807, 2.05) is 55.5 Å². The standard InChI is InChI=1S/C26H29N3O4/c1-3-32-16-17-33-24-15-8-7-14-23(24)28-25(30)19-27-21-11-9-10-20(18-21)26(31)29(2)22-12-5-4-6-13-22/h4-15,18,27H,3,16-17,19H2,1-2H3,(H,28,30). The first kappa shape index (κ1) is 23.8. The summed E-state index contributed by atoms with van der Waals surface area (Å²) in [5.41, 5.74) is 2.61. The van der Waals surface area contributed by atoms with E-state index in [-0.39, 0.29) is 18.4 Å². The summed E-state index contributed by atoms with van der Waals surface area (Å²) in [5.74, 6) is 0.225. The predicted octanol–water partition coefficient (Wildman–Crippen LogP) is 4.43. The van der Waals surface area contributed by atoms with Crippen molar-refractivity contribution < 1.29 is 19.1 Å². The Morgan fingerprint density at radius 3 is 2.45 bits per heavy atom. The number of benzene rings is 3. The van der Waals surface area contributed by atoms with Gasteiger partial charge in [-0.15, -0.1) is 0 Å². The fraction of sp³-hybridized carbons (Fsp3) is 0.231. The van der Waals surface area contributed by atoms with E-state index in [0.29, 0.717) is 42.5 Å². The quantitative estimate of drug-likeness (QED) is 0.425. The number of carbonyl (C=O) groups is 2. The van der Waals surface area contributed by atoms with E-state index >= 15 is 0 Å². The van der Waals surface area contributed by atoms with E-state index in [1.165, 1.54) is 0 Å². The van der Waals surface area contributed by atoms with Gasteiger partial charge in [-0.25, -0.2) is 0 Å². The summed E-state index contributed by atoms with van der Waals surface area (Å²) in [6.45, 7) is 3.47. The highest BCUT2D eigenvalue weighted by Crippen LogP contribution is 2.23. The maximum Gasteiger partial charge on any atom is 0.258 e. The van der Waals surface area contributed by atoms with Crippen molar-refractivity contribution in [2.24, 2.45) is 0 Å². The van der Waals surface area contributed by atoms with Crippen LogP contribution < -0.4 is 20.3 Å². The van der Waals surface area contributed by atoms with Crippen LogP contribution in [0.3, 0.4) is 0 Å². The van der Waals surface area contributed by atoms with Crippen molar-refractivity contribution in [3.8, 4) is 5.75 Å². The first-order valence-electron chi connectivity index (χ1n) is 10.8. The van der Waals surface area contributed by atoms with E-state index in [1.54, 1.807) is 42.3 Å². The van der Waals surface area contributed by atoms with Crippen LogP contribution in [0.1, 0.15) is 17.3 Å². The number of nitrogens with zero attached hydrogens (tertiary/aromatic N) is 1. The van der Waals surface area contributed by atoms with Crippen molar-refractivity contribution in [2.75, 3.05) is 48.9 Å². The summed E-state index contributed by atoms with van der Waals surface area (Å²) in [7, 11) is 1.74. The van der Waals surface area contributed by atoms with Gasteiger partial charge in [0.2, 0.25) is 5.91 Å². The Labute approximate surface area is 194 Å². The lowest BCUT2D eigenvalue weighted by atomic mass is 10.1. The first-order chi connectivity index (χ1) is 16.1. The minimum atomic E-state index is -0.228. The largest absolute Gasteiger partial charge is 0.489 e. The molecular weight excluding hydrogens is 418 g/mol. The Kier molecular flexibility index (Phi) is 8.85. The second kappa shape index (κ2) is 12.3. The number of nitrogens with one attached hydrogen (secondary N) is 2. The Morgan fingerprint density at radius 2 is 1.67 bits per heavy atom. The van der Waals surface area contributed by atoms with Gasteiger partial charge in [-0.05, 0) is 49.4 Å². The third-order valence-electron chi connectivity index (χ3n) is 4.86. The molecule has 2 amide bonds. The number of amides is 2. The van der Waals surface area contributed by atoms with Gasteiger partial charge in [0.1, 0.15) is 12.4 Å². The van der Waals surface area contributed by atoms with Gasteiger partial charge in [-0.2, -0.15) is 0 Å². The van der Waals surface area contributed by atoms with Crippen molar-refractivity contribution >= 4 is 28.9 Å². The van der Waals surface area contributed by atoms with Crippen molar-refractivity contribution in [3.05, 3.63) is 84.4 Å². The van der Waals surface area contributed by atoms with Gasteiger partial charge in [0.05, 0.1) is 18.8 Å². The maximum atomic E-state index is 12.8. The lowest BCUT2D eigenvalue weighted by molar-refractivity contribution is -0.114. The molecule has 172 valence electrons. The molecule has 0 aromatic heterocycles. The lowest BCUT2D eigenvalue weighted by Crippen LogP contribution is -2.26. The first-order valence-corrected chi connectivity index (χ1v) is 10.8. The molecule has 0 aliphatic carbocycles. The van der Waals surface area contributed by atoms with Gasteiger partial charge in [-0.3, -0.25) is 9.59 Å². The van der Waals surface area contributed by atoms with E-state index in [0.717, 1.165) is 5.69 Å². The highest BCUT2D eigenvalue weighted by Gasteiger charge is 2.14. The average Bonchev–Trinajstić information content (AvgIpc) is 2.86. The normalized spacial score (nSPS) is 10.4.